The molecule has 0 aromatic carbocycles. The fraction of sp³-hybridized carbons (Fsp3) is 0.861. The fourth-order valence-electron chi connectivity index (χ4n) is 5.10. The van der Waals surface area contributed by atoms with Crippen molar-refractivity contribution in [2.24, 2.45) is 0 Å². The third-order valence-electron chi connectivity index (χ3n) is 7.91. The molecule has 46 heavy (non-hydrogen) atoms. The topological polar surface area (TPSA) is 140 Å². The zero-order valence-electron chi connectivity index (χ0n) is 29.5. The predicted octanol–water partition coefficient (Wildman–Crippen LogP) is 6.13. The van der Waals surface area contributed by atoms with Crippen molar-refractivity contribution < 1.29 is 33.4 Å². The predicted molar refractivity (Wildman–Crippen MR) is 184 cm³/mol. The lowest BCUT2D eigenvalue weighted by atomic mass is 10.0. The van der Waals surface area contributed by atoms with Crippen LogP contribution in [0.5, 0.6) is 0 Å². The molecule has 0 aliphatic carbocycles. The maximum Gasteiger partial charge on any atom is 0.245 e. The van der Waals surface area contributed by atoms with E-state index in [1.165, 1.54) is 84.0 Å². The summed E-state index contributed by atoms with van der Waals surface area (Å²) in [6, 6.07) is -0.648. The van der Waals surface area contributed by atoms with Crippen LogP contribution in [-0.4, -0.2) is 74.8 Å². The lowest BCUT2D eigenvalue weighted by molar-refractivity contribution is -0.128. The Hall–Kier alpha value is -2.33. The molecular weight excluding hydrogens is 586 g/mol. The van der Waals surface area contributed by atoms with E-state index in [1.807, 2.05) is 6.92 Å². The van der Waals surface area contributed by atoms with Crippen molar-refractivity contribution in [3.8, 4) is 0 Å². The van der Waals surface area contributed by atoms with Crippen LogP contribution >= 0.6 is 0 Å². The van der Waals surface area contributed by atoms with Gasteiger partial charge in [0.15, 0.2) is 5.78 Å². The number of Topliss-reactive ketones (excluding diaryl/α,β-unsaturated/α-hetero) is 2. The van der Waals surface area contributed by atoms with Crippen LogP contribution in [0.4, 0.5) is 0 Å². The van der Waals surface area contributed by atoms with Gasteiger partial charge in [-0.15, -0.1) is 0 Å². The van der Waals surface area contributed by atoms with Gasteiger partial charge in [0.05, 0.1) is 25.9 Å². The summed E-state index contributed by atoms with van der Waals surface area (Å²) < 4.78 is 10.6. The van der Waals surface area contributed by atoms with Gasteiger partial charge in [0.25, 0.3) is 0 Å². The van der Waals surface area contributed by atoms with Crippen LogP contribution < -0.4 is 16.0 Å². The van der Waals surface area contributed by atoms with E-state index in [2.05, 4.69) is 16.0 Å². The molecule has 0 aromatic rings. The van der Waals surface area contributed by atoms with Crippen molar-refractivity contribution in [3.63, 3.8) is 0 Å². The summed E-state index contributed by atoms with van der Waals surface area (Å²) in [5, 5.41) is 8.27. The maximum atomic E-state index is 12.4. The molecule has 0 fully saturated rings. The number of rotatable bonds is 34. The highest BCUT2D eigenvalue weighted by Gasteiger charge is 2.18. The van der Waals surface area contributed by atoms with E-state index in [1.54, 1.807) is 6.92 Å². The van der Waals surface area contributed by atoms with Crippen molar-refractivity contribution in [2.75, 3.05) is 39.5 Å². The first-order chi connectivity index (χ1) is 22.3. The van der Waals surface area contributed by atoms with E-state index in [0.29, 0.717) is 45.1 Å². The molecular formula is C36H67N3O7. The Balaban J connectivity index is 3.64. The molecule has 0 rings (SSSR count). The van der Waals surface area contributed by atoms with Gasteiger partial charge in [-0.25, -0.2) is 0 Å². The van der Waals surface area contributed by atoms with Gasteiger partial charge in [-0.05, 0) is 39.5 Å². The Morgan fingerprint density at radius 1 is 0.522 bits per heavy atom. The van der Waals surface area contributed by atoms with E-state index in [9.17, 15) is 24.0 Å². The lowest BCUT2D eigenvalue weighted by Crippen LogP contribution is -2.40. The average Bonchev–Trinajstić information content (AvgIpc) is 3.02. The Morgan fingerprint density at radius 2 is 1.00 bits per heavy atom. The summed E-state index contributed by atoms with van der Waals surface area (Å²) in [4.78, 5) is 58.9. The van der Waals surface area contributed by atoms with E-state index in [4.69, 9.17) is 9.47 Å². The summed E-state index contributed by atoms with van der Waals surface area (Å²) in [7, 11) is 0. The summed E-state index contributed by atoms with van der Waals surface area (Å²) in [6.07, 6.45) is 21.9. The molecule has 10 heteroatoms. The molecule has 0 unspecified atom stereocenters. The molecule has 0 radical (unpaired) electrons. The lowest BCUT2D eigenvalue weighted by Gasteiger charge is -2.16. The van der Waals surface area contributed by atoms with Crippen LogP contribution in [0.1, 0.15) is 156 Å². The van der Waals surface area contributed by atoms with E-state index < -0.39 is 6.04 Å². The Kier molecular flexibility index (Phi) is 31.0. The molecule has 0 aliphatic heterocycles. The molecule has 268 valence electrons. The van der Waals surface area contributed by atoms with Crippen molar-refractivity contribution in [2.45, 2.75) is 162 Å². The largest absolute Gasteiger partial charge is 0.377 e. The van der Waals surface area contributed by atoms with Crippen molar-refractivity contribution >= 4 is 29.3 Å². The number of hydrogen-bond donors (Lipinski definition) is 3. The molecule has 0 saturated heterocycles. The SMILES string of the molecule is CCCNC(=O)COCCOCCNC(=O)CC[C@@H](NC(=O)CCCCCCCCCCCCCCCCCCC(C)=O)C(C)=O. The quantitative estimate of drug-likeness (QED) is 0.0711. The Labute approximate surface area is 279 Å². The molecule has 0 heterocycles. The molecule has 0 spiro atoms. The summed E-state index contributed by atoms with van der Waals surface area (Å²) in [6.45, 7) is 6.99. The normalized spacial score (nSPS) is 11.6. The average molecular weight is 654 g/mol. The number of hydrogen-bond acceptors (Lipinski definition) is 7. The highest BCUT2D eigenvalue weighted by Crippen LogP contribution is 2.14. The van der Waals surface area contributed by atoms with Gasteiger partial charge >= 0.3 is 0 Å². The van der Waals surface area contributed by atoms with Gasteiger partial charge in [0.2, 0.25) is 17.7 Å². The number of carbonyl (C=O) groups excluding carboxylic acids is 5. The molecule has 3 N–H and O–H groups in total. The number of ketones is 2. The number of unbranched alkanes of at least 4 members (excludes halogenated alkanes) is 15. The van der Waals surface area contributed by atoms with E-state index >= 15 is 0 Å². The van der Waals surface area contributed by atoms with Crippen LogP contribution in [0.3, 0.4) is 0 Å². The number of nitrogens with one attached hydrogen (secondary N) is 3. The Bertz CT molecular complexity index is 806. The number of carbonyl (C=O) groups is 5. The minimum Gasteiger partial charge on any atom is -0.377 e. The fourth-order valence-corrected chi connectivity index (χ4v) is 5.10. The van der Waals surface area contributed by atoms with Crippen LogP contribution in [0.15, 0.2) is 0 Å². The smallest absolute Gasteiger partial charge is 0.245 e. The molecule has 0 aliphatic rings. The monoisotopic (exact) mass is 653 g/mol. The van der Waals surface area contributed by atoms with Crippen LogP contribution in [0.25, 0.3) is 0 Å². The van der Waals surface area contributed by atoms with Crippen LogP contribution in [0, 0.1) is 0 Å². The van der Waals surface area contributed by atoms with Crippen molar-refractivity contribution in [1.82, 2.24) is 16.0 Å². The molecule has 3 amide bonds. The summed E-state index contributed by atoms with van der Waals surface area (Å²) in [5.41, 5.74) is 0. The third-order valence-corrected chi connectivity index (χ3v) is 7.91. The number of ether oxygens (including phenoxy) is 2. The third kappa shape index (κ3) is 31.6. The number of amides is 3. The molecule has 0 aromatic heterocycles. The van der Waals surface area contributed by atoms with Gasteiger partial charge in [-0.1, -0.05) is 96.8 Å². The highest BCUT2D eigenvalue weighted by atomic mass is 16.5. The minimum absolute atomic E-state index is 0.00254. The standard InChI is InChI=1S/C36H67N3O7/c1-4-25-37-36(44)30-46-29-28-45-27-26-38-34(42)24-23-33(32(3)41)39-35(43)22-20-18-16-14-12-10-8-6-5-7-9-11-13-15-17-19-21-31(2)40/h33H,4-30H2,1-3H3,(H,37,44)(H,38,42)(H,39,43)/t33-/m1/s1. The molecule has 0 bridgehead atoms. The van der Waals surface area contributed by atoms with Gasteiger partial charge in [-0.2, -0.15) is 0 Å². The molecule has 10 nitrogen and oxygen atoms in total. The first-order valence-corrected chi connectivity index (χ1v) is 18.2. The maximum absolute atomic E-state index is 12.4. The van der Waals surface area contributed by atoms with Gasteiger partial charge in [0.1, 0.15) is 12.4 Å². The summed E-state index contributed by atoms with van der Waals surface area (Å²) >= 11 is 0. The van der Waals surface area contributed by atoms with Gasteiger partial charge < -0.3 is 30.2 Å². The second kappa shape index (κ2) is 32.6. The second-order valence-corrected chi connectivity index (χ2v) is 12.5. The van der Waals surface area contributed by atoms with Gasteiger partial charge in [0, 0.05) is 32.4 Å². The first-order valence-electron chi connectivity index (χ1n) is 18.2. The van der Waals surface area contributed by atoms with Gasteiger partial charge in [-0.3, -0.25) is 19.2 Å². The Morgan fingerprint density at radius 3 is 1.50 bits per heavy atom. The van der Waals surface area contributed by atoms with Crippen LogP contribution in [-0.2, 0) is 33.4 Å². The van der Waals surface area contributed by atoms with Crippen molar-refractivity contribution in [1.29, 1.82) is 0 Å². The van der Waals surface area contributed by atoms with Crippen LogP contribution in [0.2, 0.25) is 0 Å². The zero-order chi connectivity index (χ0) is 34.1. The minimum atomic E-state index is -0.648. The molecule has 0 saturated carbocycles. The van der Waals surface area contributed by atoms with Crippen molar-refractivity contribution in [3.05, 3.63) is 0 Å². The zero-order valence-corrected chi connectivity index (χ0v) is 29.5. The van der Waals surface area contributed by atoms with E-state index in [0.717, 1.165) is 38.5 Å². The van der Waals surface area contributed by atoms with E-state index in [-0.39, 0.29) is 43.0 Å². The highest BCUT2D eigenvalue weighted by molar-refractivity contribution is 5.88. The second-order valence-electron chi connectivity index (χ2n) is 12.5. The molecule has 1 atom stereocenters. The first kappa shape index (κ1) is 43.7. The summed E-state index contributed by atoms with van der Waals surface area (Å²) in [5.74, 6) is -0.316.